The lowest BCUT2D eigenvalue weighted by molar-refractivity contribution is -0.141. The number of amides is 2. The minimum atomic E-state index is -1.14. The first-order chi connectivity index (χ1) is 12.7. The number of hydrogen-bond donors (Lipinski definition) is 3. The van der Waals surface area contributed by atoms with Gasteiger partial charge in [0, 0.05) is 13.0 Å². The van der Waals surface area contributed by atoms with Crippen LogP contribution < -0.4 is 10.1 Å². The van der Waals surface area contributed by atoms with Gasteiger partial charge in [-0.2, -0.15) is 0 Å². The predicted octanol–water partition coefficient (Wildman–Crippen LogP) is 1.58. The lowest BCUT2D eigenvalue weighted by Crippen LogP contribution is -2.40. The maximum absolute atomic E-state index is 12.5. The van der Waals surface area contributed by atoms with Crippen molar-refractivity contribution in [3.8, 4) is 11.5 Å². The number of nitrogens with one attached hydrogen (secondary N) is 1. The number of phenols is 1. The van der Waals surface area contributed by atoms with Crippen molar-refractivity contribution < 1.29 is 29.3 Å². The van der Waals surface area contributed by atoms with Gasteiger partial charge in [0.2, 0.25) is 5.91 Å². The van der Waals surface area contributed by atoms with Crippen molar-refractivity contribution in [3.63, 3.8) is 0 Å². The molecule has 1 atom stereocenters. The average Bonchev–Trinajstić information content (AvgIpc) is 2.88. The molecule has 27 heavy (non-hydrogen) atoms. The van der Waals surface area contributed by atoms with Crippen LogP contribution in [0.15, 0.2) is 23.1 Å². The van der Waals surface area contributed by atoms with Gasteiger partial charge in [0.15, 0.2) is 11.5 Å². The molecule has 8 nitrogen and oxygen atoms in total. The Balaban J connectivity index is 2.04. The van der Waals surface area contributed by atoms with E-state index in [-0.39, 0.29) is 30.4 Å². The maximum atomic E-state index is 12.5. The number of carbonyl (C=O) groups excluding carboxylic acids is 2. The fraction of sp³-hybridized carbons (Fsp3) is 0.294. The van der Waals surface area contributed by atoms with Gasteiger partial charge in [-0.3, -0.25) is 19.3 Å². The normalized spacial score (nSPS) is 16.5. The van der Waals surface area contributed by atoms with Crippen molar-refractivity contribution in [2.45, 2.75) is 19.4 Å². The molecule has 1 saturated heterocycles. The fourth-order valence-corrected chi connectivity index (χ4v) is 3.53. The third-order valence-corrected chi connectivity index (χ3v) is 5.06. The summed E-state index contributed by atoms with van der Waals surface area (Å²) in [6.45, 7) is 1.41. The summed E-state index contributed by atoms with van der Waals surface area (Å²) in [4.78, 5) is 36.7. The Bertz CT molecular complexity index is 824. The van der Waals surface area contributed by atoms with Gasteiger partial charge in [-0.15, -0.1) is 0 Å². The molecular weight excluding hydrogens is 392 g/mol. The highest BCUT2D eigenvalue weighted by Gasteiger charge is 2.32. The Labute approximate surface area is 165 Å². The Kier molecular flexibility index (Phi) is 6.81. The third-order valence-electron chi connectivity index (χ3n) is 3.69. The molecule has 10 heteroatoms. The smallest absolute Gasteiger partial charge is 0.325 e. The van der Waals surface area contributed by atoms with Gasteiger partial charge in [-0.05, 0) is 30.7 Å². The van der Waals surface area contributed by atoms with E-state index in [0.717, 1.165) is 11.8 Å². The second-order valence-corrected chi connectivity index (χ2v) is 7.32. The number of carboxylic acids is 1. The van der Waals surface area contributed by atoms with E-state index >= 15 is 0 Å². The number of thiocarbonyl (C=S) groups is 1. The topological polar surface area (TPSA) is 116 Å². The standard InChI is InChI=1S/C17H18N2O6S2/c1-9(16(23)24)18-14(21)5-6-19-15(22)13(27-17(19)26)8-10-3-4-11(20)12(7-10)25-2/h3-4,7-9,20H,5-6H2,1-2H3,(H,18,21)(H,23,24)/b13-8-. The van der Waals surface area contributed by atoms with E-state index in [1.807, 2.05) is 0 Å². The number of phenolic OH excluding ortho intramolecular Hbond substituents is 1. The molecule has 1 fully saturated rings. The van der Waals surface area contributed by atoms with Crippen LogP contribution in [0.4, 0.5) is 0 Å². The molecule has 1 aliphatic rings. The molecule has 144 valence electrons. The van der Waals surface area contributed by atoms with Gasteiger partial charge in [0.1, 0.15) is 10.4 Å². The van der Waals surface area contributed by atoms with Crippen molar-refractivity contribution in [3.05, 3.63) is 28.7 Å². The molecule has 3 N–H and O–H groups in total. The van der Waals surface area contributed by atoms with Crippen LogP contribution in [0.2, 0.25) is 0 Å². The zero-order valence-corrected chi connectivity index (χ0v) is 16.2. The Hall–Kier alpha value is -2.59. The number of rotatable bonds is 7. The summed E-state index contributed by atoms with van der Waals surface area (Å²) in [5.74, 6) is -1.68. The zero-order valence-electron chi connectivity index (χ0n) is 14.6. The first-order valence-electron chi connectivity index (χ1n) is 7.87. The van der Waals surface area contributed by atoms with Gasteiger partial charge in [0.05, 0.1) is 12.0 Å². The van der Waals surface area contributed by atoms with E-state index < -0.39 is 17.9 Å². The lowest BCUT2D eigenvalue weighted by atomic mass is 10.2. The molecule has 1 aromatic rings. The van der Waals surface area contributed by atoms with Crippen molar-refractivity contribution in [2.24, 2.45) is 0 Å². The summed E-state index contributed by atoms with van der Waals surface area (Å²) in [5, 5.41) is 20.7. The molecule has 1 heterocycles. The van der Waals surface area contributed by atoms with Gasteiger partial charge in [-0.1, -0.05) is 30.0 Å². The van der Waals surface area contributed by atoms with Gasteiger partial charge in [-0.25, -0.2) is 0 Å². The zero-order chi connectivity index (χ0) is 20.1. The highest BCUT2D eigenvalue weighted by molar-refractivity contribution is 8.26. The Morgan fingerprint density at radius 2 is 2.15 bits per heavy atom. The van der Waals surface area contributed by atoms with Crippen molar-refractivity contribution in [1.29, 1.82) is 0 Å². The summed E-state index contributed by atoms with van der Waals surface area (Å²) in [5.41, 5.74) is 0.651. The molecular formula is C17H18N2O6S2. The van der Waals surface area contributed by atoms with Crippen LogP contribution >= 0.6 is 24.0 Å². The number of carbonyl (C=O) groups is 3. The van der Waals surface area contributed by atoms with Crippen LogP contribution in [0.5, 0.6) is 11.5 Å². The number of aromatic hydroxyl groups is 1. The molecule has 2 amide bonds. The van der Waals surface area contributed by atoms with Gasteiger partial charge < -0.3 is 20.3 Å². The molecule has 1 aliphatic heterocycles. The highest BCUT2D eigenvalue weighted by atomic mass is 32.2. The summed E-state index contributed by atoms with van der Waals surface area (Å²) >= 11 is 6.30. The number of ether oxygens (including phenoxy) is 1. The summed E-state index contributed by atoms with van der Waals surface area (Å²) in [6.07, 6.45) is 1.55. The van der Waals surface area contributed by atoms with Crippen LogP contribution in [-0.2, 0) is 14.4 Å². The van der Waals surface area contributed by atoms with Crippen molar-refractivity contribution in [1.82, 2.24) is 10.2 Å². The molecule has 0 bridgehead atoms. The summed E-state index contributed by atoms with van der Waals surface area (Å²) in [6, 6.07) is 3.67. The van der Waals surface area contributed by atoms with E-state index in [0.29, 0.717) is 14.8 Å². The second-order valence-electron chi connectivity index (χ2n) is 5.64. The maximum Gasteiger partial charge on any atom is 0.325 e. The van der Waals surface area contributed by atoms with E-state index in [2.05, 4.69) is 5.32 Å². The number of methoxy groups -OCH3 is 1. The molecule has 2 rings (SSSR count). The van der Waals surface area contributed by atoms with Crippen LogP contribution in [0, 0.1) is 0 Å². The van der Waals surface area contributed by atoms with E-state index in [4.69, 9.17) is 22.1 Å². The van der Waals surface area contributed by atoms with Crippen LogP contribution in [0.3, 0.4) is 0 Å². The number of hydrogen-bond acceptors (Lipinski definition) is 7. The second kappa shape index (κ2) is 8.87. The first kappa shape index (κ1) is 20.7. The molecule has 1 aromatic carbocycles. The van der Waals surface area contributed by atoms with Crippen LogP contribution in [-0.4, -0.2) is 56.9 Å². The quantitative estimate of drug-likeness (QED) is 0.458. The van der Waals surface area contributed by atoms with Crippen molar-refractivity contribution >= 4 is 52.2 Å². The minimum Gasteiger partial charge on any atom is -0.504 e. The number of carboxylic acid groups (broad SMARTS) is 1. The Morgan fingerprint density at radius 3 is 2.78 bits per heavy atom. The third kappa shape index (κ3) is 5.20. The molecule has 0 aromatic heterocycles. The molecule has 0 spiro atoms. The highest BCUT2D eigenvalue weighted by Crippen LogP contribution is 2.34. The largest absolute Gasteiger partial charge is 0.504 e. The monoisotopic (exact) mass is 410 g/mol. The van der Waals surface area contributed by atoms with Crippen molar-refractivity contribution in [2.75, 3.05) is 13.7 Å². The SMILES string of the molecule is COc1cc(/C=C2\SC(=S)N(CCC(=O)NC(C)C(=O)O)C2=O)ccc1O. The van der Waals surface area contributed by atoms with Gasteiger partial charge >= 0.3 is 5.97 Å². The first-order valence-corrected chi connectivity index (χ1v) is 9.10. The number of aliphatic carboxylic acids is 1. The Morgan fingerprint density at radius 1 is 1.44 bits per heavy atom. The van der Waals surface area contributed by atoms with E-state index in [1.165, 1.54) is 25.0 Å². The summed E-state index contributed by atoms with van der Waals surface area (Å²) in [7, 11) is 1.43. The average molecular weight is 410 g/mol. The van der Waals surface area contributed by atoms with Gasteiger partial charge in [0.25, 0.3) is 5.91 Å². The predicted molar refractivity (Wildman–Crippen MR) is 104 cm³/mol. The molecule has 1 unspecified atom stereocenters. The van der Waals surface area contributed by atoms with Crippen LogP contribution in [0.25, 0.3) is 6.08 Å². The fourth-order valence-electron chi connectivity index (χ4n) is 2.22. The van der Waals surface area contributed by atoms with E-state index in [9.17, 15) is 19.5 Å². The van der Waals surface area contributed by atoms with Crippen LogP contribution in [0.1, 0.15) is 18.9 Å². The number of thioether (sulfide) groups is 1. The lowest BCUT2D eigenvalue weighted by Gasteiger charge is -2.15. The molecule has 0 saturated carbocycles. The molecule has 0 radical (unpaired) electrons. The molecule has 0 aliphatic carbocycles. The van der Waals surface area contributed by atoms with E-state index in [1.54, 1.807) is 18.2 Å². The minimum absolute atomic E-state index is 0.0104. The number of nitrogens with zero attached hydrogens (tertiary/aromatic N) is 1. The summed E-state index contributed by atoms with van der Waals surface area (Å²) < 4.78 is 5.35. The number of benzene rings is 1.